The van der Waals surface area contributed by atoms with E-state index >= 15 is 0 Å². The molecule has 0 bridgehead atoms. The molecule has 1 aliphatic heterocycles. The van der Waals surface area contributed by atoms with Crippen LogP contribution in [0.1, 0.15) is 58.8 Å². The molecule has 1 heterocycles. The predicted molar refractivity (Wildman–Crippen MR) is 82.4 cm³/mol. The number of nitrogens with two attached hydrogens (primary N) is 1. The number of carbonyl (C=O) groups is 1. The highest BCUT2D eigenvalue weighted by Crippen LogP contribution is 2.25. The summed E-state index contributed by atoms with van der Waals surface area (Å²) in [5, 5.41) is 3.42. The van der Waals surface area contributed by atoms with Crippen molar-refractivity contribution in [3.63, 3.8) is 0 Å². The third kappa shape index (κ3) is 4.45. The van der Waals surface area contributed by atoms with Gasteiger partial charge >= 0.3 is 0 Å². The standard InChI is InChI=1S/C16H31N3O/c1-3-13-8-11-19(12-13)10-5-4-9-16(2,15(17)20)18-14-6-7-14/h13-14,18H,3-12H2,1-2H3,(H2,17,20). The van der Waals surface area contributed by atoms with Gasteiger partial charge in [-0.1, -0.05) is 13.3 Å². The van der Waals surface area contributed by atoms with Crippen molar-refractivity contribution in [2.75, 3.05) is 19.6 Å². The minimum absolute atomic E-state index is 0.198. The van der Waals surface area contributed by atoms with E-state index in [-0.39, 0.29) is 5.91 Å². The van der Waals surface area contributed by atoms with Crippen LogP contribution in [0.15, 0.2) is 0 Å². The Bertz CT molecular complexity index is 330. The van der Waals surface area contributed by atoms with Gasteiger partial charge in [0.1, 0.15) is 0 Å². The van der Waals surface area contributed by atoms with Gasteiger partial charge in [0.2, 0.25) is 5.91 Å². The van der Waals surface area contributed by atoms with Crippen molar-refractivity contribution in [2.24, 2.45) is 11.7 Å². The number of nitrogens with one attached hydrogen (secondary N) is 1. The van der Waals surface area contributed by atoms with Gasteiger partial charge < -0.3 is 16.0 Å². The minimum atomic E-state index is -0.502. The largest absolute Gasteiger partial charge is 0.368 e. The third-order valence-electron chi connectivity index (χ3n) is 4.99. The first-order valence-electron chi connectivity index (χ1n) is 8.33. The maximum absolute atomic E-state index is 11.7. The Labute approximate surface area is 123 Å². The number of amides is 1. The molecule has 1 aliphatic carbocycles. The second-order valence-corrected chi connectivity index (χ2v) is 6.94. The molecule has 0 spiro atoms. The monoisotopic (exact) mass is 281 g/mol. The van der Waals surface area contributed by atoms with Gasteiger partial charge in [0.15, 0.2) is 0 Å². The molecule has 2 unspecified atom stereocenters. The van der Waals surface area contributed by atoms with Gasteiger partial charge in [-0.3, -0.25) is 4.79 Å². The average Bonchev–Trinajstić information content (AvgIpc) is 3.10. The Morgan fingerprint density at radius 3 is 2.65 bits per heavy atom. The van der Waals surface area contributed by atoms with E-state index < -0.39 is 5.54 Å². The van der Waals surface area contributed by atoms with Crippen molar-refractivity contribution in [2.45, 2.75) is 70.4 Å². The molecule has 4 heteroatoms. The summed E-state index contributed by atoms with van der Waals surface area (Å²) in [5.74, 6) is 0.707. The van der Waals surface area contributed by atoms with Crippen molar-refractivity contribution in [3.05, 3.63) is 0 Å². The quantitative estimate of drug-likeness (QED) is 0.635. The zero-order valence-corrected chi connectivity index (χ0v) is 13.2. The molecule has 116 valence electrons. The fourth-order valence-corrected chi connectivity index (χ4v) is 3.21. The zero-order chi connectivity index (χ0) is 14.6. The summed E-state index contributed by atoms with van der Waals surface area (Å²) < 4.78 is 0. The van der Waals surface area contributed by atoms with Crippen LogP contribution in [-0.4, -0.2) is 42.0 Å². The molecular formula is C16H31N3O. The maximum atomic E-state index is 11.7. The smallest absolute Gasteiger partial charge is 0.237 e. The normalized spacial score (nSPS) is 26.6. The van der Waals surface area contributed by atoms with E-state index in [0.717, 1.165) is 18.8 Å². The van der Waals surface area contributed by atoms with E-state index in [0.29, 0.717) is 6.04 Å². The molecule has 2 atom stereocenters. The molecule has 20 heavy (non-hydrogen) atoms. The van der Waals surface area contributed by atoms with Crippen LogP contribution in [0, 0.1) is 5.92 Å². The lowest BCUT2D eigenvalue weighted by Gasteiger charge is -2.28. The molecule has 1 saturated carbocycles. The second-order valence-electron chi connectivity index (χ2n) is 6.94. The second kappa shape index (κ2) is 6.90. The molecular weight excluding hydrogens is 250 g/mol. The van der Waals surface area contributed by atoms with Gasteiger partial charge in [-0.15, -0.1) is 0 Å². The molecule has 2 rings (SSSR count). The maximum Gasteiger partial charge on any atom is 0.237 e. The molecule has 0 aromatic rings. The summed E-state index contributed by atoms with van der Waals surface area (Å²) >= 11 is 0. The van der Waals surface area contributed by atoms with E-state index in [4.69, 9.17) is 5.73 Å². The van der Waals surface area contributed by atoms with Crippen LogP contribution in [0.2, 0.25) is 0 Å². The van der Waals surface area contributed by atoms with Crippen molar-refractivity contribution < 1.29 is 4.79 Å². The SMILES string of the molecule is CCC1CCN(CCCCC(C)(NC2CC2)C(N)=O)C1. The molecule has 4 nitrogen and oxygen atoms in total. The van der Waals surface area contributed by atoms with E-state index in [1.54, 1.807) is 0 Å². The van der Waals surface area contributed by atoms with Gasteiger partial charge in [0, 0.05) is 12.6 Å². The molecule has 1 saturated heterocycles. The van der Waals surface area contributed by atoms with Crippen molar-refractivity contribution in [1.82, 2.24) is 10.2 Å². The molecule has 2 fully saturated rings. The van der Waals surface area contributed by atoms with Crippen molar-refractivity contribution >= 4 is 5.91 Å². The summed E-state index contributed by atoms with van der Waals surface area (Å²) in [6.45, 7) is 7.96. The highest BCUT2D eigenvalue weighted by atomic mass is 16.1. The molecule has 1 amide bonds. The molecule has 3 N–H and O–H groups in total. The van der Waals surface area contributed by atoms with Crippen LogP contribution in [-0.2, 0) is 4.79 Å². The highest BCUT2D eigenvalue weighted by Gasteiger charge is 2.36. The number of nitrogens with zero attached hydrogens (tertiary/aromatic N) is 1. The fourth-order valence-electron chi connectivity index (χ4n) is 3.21. The Kier molecular flexibility index (Phi) is 5.44. The van der Waals surface area contributed by atoms with E-state index in [1.165, 1.54) is 51.7 Å². The summed E-state index contributed by atoms with van der Waals surface area (Å²) in [5.41, 5.74) is 5.07. The zero-order valence-electron chi connectivity index (χ0n) is 13.2. The van der Waals surface area contributed by atoms with Crippen LogP contribution in [0.25, 0.3) is 0 Å². The van der Waals surface area contributed by atoms with E-state index in [2.05, 4.69) is 17.1 Å². The topological polar surface area (TPSA) is 58.4 Å². The number of likely N-dealkylation sites (tertiary alicyclic amines) is 1. The molecule has 0 radical (unpaired) electrons. The minimum Gasteiger partial charge on any atom is -0.368 e. The number of hydrogen-bond donors (Lipinski definition) is 2. The third-order valence-corrected chi connectivity index (χ3v) is 4.99. The van der Waals surface area contributed by atoms with Crippen LogP contribution in [0.4, 0.5) is 0 Å². The Morgan fingerprint density at radius 1 is 1.35 bits per heavy atom. The first-order chi connectivity index (χ1) is 9.53. The van der Waals surface area contributed by atoms with Crippen LogP contribution in [0.3, 0.4) is 0 Å². The first kappa shape index (κ1) is 15.8. The van der Waals surface area contributed by atoms with Crippen LogP contribution in [0.5, 0.6) is 0 Å². The predicted octanol–water partition coefficient (Wildman–Crippen LogP) is 1.88. The lowest BCUT2D eigenvalue weighted by Crippen LogP contribution is -2.54. The number of unbranched alkanes of at least 4 members (excludes halogenated alkanes) is 1. The van der Waals surface area contributed by atoms with Gasteiger partial charge in [0.05, 0.1) is 5.54 Å². The lowest BCUT2D eigenvalue weighted by atomic mass is 9.93. The van der Waals surface area contributed by atoms with Gasteiger partial charge in [-0.2, -0.15) is 0 Å². The average molecular weight is 281 g/mol. The molecule has 2 aliphatic rings. The summed E-state index contributed by atoms with van der Waals surface area (Å²) in [6, 6.07) is 0.524. The van der Waals surface area contributed by atoms with Crippen LogP contribution >= 0.6 is 0 Å². The summed E-state index contributed by atoms with van der Waals surface area (Å²) in [4.78, 5) is 14.2. The number of carbonyl (C=O) groups excluding carboxylic acids is 1. The molecule has 0 aromatic heterocycles. The first-order valence-corrected chi connectivity index (χ1v) is 8.33. The van der Waals surface area contributed by atoms with Gasteiger partial charge in [-0.05, 0) is 64.5 Å². The van der Waals surface area contributed by atoms with Gasteiger partial charge in [0.25, 0.3) is 0 Å². The Hall–Kier alpha value is -0.610. The Morgan fingerprint density at radius 2 is 2.10 bits per heavy atom. The summed E-state index contributed by atoms with van der Waals surface area (Å²) in [6.07, 6.45) is 8.16. The van der Waals surface area contributed by atoms with Crippen LogP contribution < -0.4 is 11.1 Å². The fraction of sp³-hybridized carbons (Fsp3) is 0.938. The lowest BCUT2D eigenvalue weighted by molar-refractivity contribution is -0.124. The van der Waals surface area contributed by atoms with E-state index in [1.807, 2.05) is 6.92 Å². The highest BCUT2D eigenvalue weighted by molar-refractivity contribution is 5.84. The number of primary amides is 1. The van der Waals surface area contributed by atoms with E-state index in [9.17, 15) is 4.79 Å². The van der Waals surface area contributed by atoms with Crippen molar-refractivity contribution in [1.29, 1.82) is 0 Å². The summed E-state index contributed by atoms with van der Waals surface area (Å²) in [7, 11) is 0. The molecule has 0 aromatic carbocycles. The van der Waals surface area contributed by atoms with Crippen molar-refractivity contribution in [3.8, 4) is 0 Å². The number of rotatable bonds is 9. The van der Waals surface area contributed by atoms with Gasteiger partial charge in [-0.25, -0.2) is 0 Å². The Balaban J connectivity index is 1.64. The number of hydrogen-bond acceptors (Lipinski definition) is 3.